The zero-order valence-electron chi connectivity index (χ0n) is 11.0. The fourth-order valence-corrected chi connectivity index (χ4v) is 2.37. The molecule has 0 aliphatic heterocycles. The second kappa shape index (κ2) is 6.40. The number of rotatable bonds is 4. The van der Waals surface area contributed by atoms with Crippen molar-refractivity contribution < 1.29 is 0 Å². The molecule has 0 radical (unpaired) electrons. The van der Waals surface area contributed by atoms with Crippen molar-refractivity contribution in [2.45, 2.75) is 26.3 Å². The number of aryl methyl sites for hydroxylation is 1. The Morgan fingerprint density at radius 1 is 1.32 bits per heavy atom. The molecule has 0 fully saturated rings. The summed E-state index contributed by atoms with van der Waals surface area (Å²) in [6.45, 7) is 4.27. The van der Waals surface area contributed by atoms with Crippen LogP contribution < -0.4 is 5.32 Å². The van der Waals surface area contributed by atoms with Gasteiger partial charge in [0, 0.05) is 16.7 Å². The van der Waals surface area contributed by atoms with Gasteiger partial charge in [-0.25, -0.2) is 4.98 Å². The number of halogens is 2. The Labute approximate surface area is 127 Å². The second-order valence-electron chi connectivity index (χ2n) is 4.45. The predicted octanol–water partition coefficient (Wildman–Crippen LogP) is 5.23. The molecule has 2 nitrogen and oxygen atoms in total. The van der Waals surface area contributed by atoms with Gasteiger partial charge < -0.3 is 5.32 Å². The molecule has 0 aliphatic rings. The fourth-order valence-electron chi connectivity index (χ4n) is 1.88. The summed E-state index contributed by atoms with van der Waals surface area (Å²) in [5, 5.41) is 3.87. The molecule has 0 aliphatic carbocycles. The topological polar surface area (TPSA) is 24.9 Å². The van der Waals surface area contributed by atoms with Gasteiger partial charge in [-0.2, -0.15) is 0 Å². The monoisotopic (exact) mass is 338 g/mol. The van der Waals surface area contributed by atoms with Crippen LogP contribution in [0.25, 0.3) is 0 Å². The van der Waals surface area contributed by atoms with Gasteiger partial charge >= 0.3 is 0 Å². The lowest BCUT2D eigenvalue weighted by atomic mass is 10.0. The molecular weight excluding hydrogens is 324 g/mol. The molecule has 0 spiro atoms. The number of pyridine rings is 1. The summed E-state index contributed by atoms with van der Waals surface area (Å²) >= 11 is 9.48. The molecule has 1 aromatic heterocycles. The zero-order chi connectivity index (χ0) is 13.8. The van der Waals surface area contributed by atoms with Crippen molar-refractivity contribution >= 4 is 33.2 Å². The van der Waals surface area contributed by atoms with Crippen LogP contribution in [0.1, 0.15) is 31.0 Å². The van der Waals surface area contributed by atoms with E-state index in [-0.39, 0.29) is 6.04 Å². The number of hydrogen-bond acceptors (Lipinski definition) is 2. The van der Waals surface area contributed by atoms with Crippen LogP contribution >= 0.6 is 27.5 Å². The Bertz CT molecular complexity index is 555. The van der Waals surface area contributed by atoms with Crippen LogP contribution in [-0.4, -0.2) is 4.98 Å². The molecule has 1 atom stereocenters. The summed E-state index contributed by atoms with van der Waals surface area (Å²) in [5.41, 5.74) is 3.41. The van der Waals surface area contributed by atoms with Gasteiger partial charge in [0.1, 0.15) is 0 Å². The third-order valence-corrected chi connectivity index (χ3v) is 3.80. The van der Waals surface area contributed by atoms with E-state index in [1.165, 1.54) is 11.1 Å². The molecule has 1 N–H and O–H groups in total. The fraction of sp³-hybridized carbons (Fsp3) is 0.267. The molecule has 1 unspecified atom stereocenters. The van der Waals surface area contributed by atoms with Crippen LogP contribution in [0.4, 0.5) is 5.69 Å². The first kappa shape index (κ1) is 14.4. The van der Waals surface area contributed by atoms with Gasteiger partial charge in [0.2, 0.25) is 0 Å². The first-order valence-electron chi connectivity index (χ1n) is 6.26. The van der Waals surface area contributed by atoms with Crippen LogP contribution in [0.15, 0.2) is 41.0 Å². The summed E-state index contributed by atoms with van der Waals surface area (Å²) < 4.78 is 0.910. The highest BCUT2D eigenvalue weighted by Gasteiger charge is 2.09. The van der Waals surface area contributed by atoms with Gasteiger partial charge in [-0.15, -0.1) is 0 Å². The number of nitrogens with zero attached hydrogens (tertiary/aromatic N) is 1. The number of benzene rings is 1. The molecular formula is C15H16BrClN2. The SMILES string of the molecule is CCc1ccc(C(C)Nc2cc(Br)cnc2Cl)cc1. The van der Waals surface area contributed by atoms with Crippen LogP contribution in [0.2, 0.25) is 5.15 Å². The average Bonchev–Trinajstić information content (AvgIpc) is 2.43. The molecule has 4 heteroatoms. The minimum Gasteiger partial charge on any atom is -0.376 e. The predicted molar refractivity (Wildman–Crippen MR) is 84.8 cm³/mol. The zero-order valence-corrected chi connectivity index (χ0v) is 13.3. The van der Waals surface area contributed by atoms with Crippen molar-refractivity contribution in [2.24, 2.45) is 0 Å². The smallest absolute Gasteiger partial charge is 0.152 e. The third-order valence-electron chi connectivity index (χ3n) is 3.07. The van der Waals surface area contributed by atoms with E-state index in [2.05, 4.69) is 64.3 Å². The van der Waals surface area contributed by atoms with Crippen molar-refractivity contribution in [1.82, 2.24) is 4.98 Å². The molecule has 0 amide bonds. The normalized spacial score (nSPS) is 12.2. The van der Waals surface area contributed by atoms with Crippen LogP contribution in [0.5, 0.6) is 0 Å². The maximum absolute atomic E-state index is 6.08. The lowest BCUT2D eigenvalue weighted by molar-refractivity contribution is 0.880. The number of aromatic nitrogens is 1. The average molecular weight is 340 g/mol. The molecule has 2 aromatic rings. The Balaban J connectivity index is 2.15. The summed E-state index contributed by atoms with van der Waals surface area (Å²) in [4.78, 5) is 4.11. The van der Waals surface area contributed by atoms with Gasteiger partial charge in [-0.3, -0.25) is 0 Å². The minimum atomic E-state index is 0.180. The quantitative estimate of drug-likeness (QED) is 0.771. The van der Waals surface area contributed by atoms with Crippen molar-refractivity contribution in [3.05, 3.63) is 57.3 Å². The van der Waals surface area contributed by atoms with E-state index in [9.17, 15) is 0 Å². The standard InChI is InChI=1S/C15H16BrClN2/c1-3-11-4-6-12(7-5-11)10(2)19-14-8-13(16)9-18-15(14)17/h4-10,19H,3H2,1-2H3. The number of anilines is 1. The van der Waals surface area contributed by atoms with E-state index in [1.54, 1.807) is 6.20 Å². The minimum absolute atomic E-state index is 0.180. The lowest BCUT2D eigenvalue weighted by Gasteiger charge is -2.17. The Hall–Kier alpha value is -1.06. The van der Waals surface area contributed by atoms with Crippen molar-refractivity contribution in [1.29, 1.82) is 0 Å². The van der Waals surface area contributed by atoms with E-state index in [0.29, 0.717) is 5.15 Å². The Morgan fingerprint density at radius 3 is 2.63 bits per heavy atom. The van der Waals surface area contributed by atoms with Gasteiger partial charge in [-0.05, 0) is 46.5 Å². The number of hydrogen-bond donors (Lipinski definition) is 1. The van der Waals surface area contributed by atoms with Gasteiger partial charge in [0.25, 0.3) is 0 Å². The summed E-state index contributed by atoms with van der Waals surface area (Å²) in [5.74, 6) is 0. The molecule has 2 rings (SSSR count). The maximum Gasteiger partial charge on any atom is 0.152 e. The van der Waals surface area contributed by atoms with Crippen molar-refractivity contribution in [3.63, 3.8) is 0 Å². The molecule has 0 bridgehead atoms. The highest BCUT2D eigenvalue weighted by molar-refractivity contribution is 9.10. The summed E-state index contributed by atoms with van der Waals surface area (Å²) in [6, 6.07) is 10.7. The maximum atomic E-state index is 6.08. The first-order valence-corrected chi connectivity index (χ1v) is 7.43. The molecule has 1 heterocycles. The lowest BCUT2D eigenvalue weighted by Crippen LogP contribution is -2.07. The van der Waals surface area contributed by atoms with E-state index in [4.69, 9.17) is 11.6 Å². The van der Waals surface area contributed by atoms with E-state index in [1.807, 2.05) is 6.07 Å². The number of nitrogens with one attached hydrogen (secondary N) is 1. The summed E-state index contributed by atoms with van der Waals surface area (Å²) in [6.07, 6.45) is 2.75. The van der Waals surface area contributed by atoms with Crippen molar-refractivity contribution in [2.75, 3.05) is 5.32 Å². The van der Waals surface area contributed by atoms with Gasteiger partial charge in [-0.1, -0.05) is 42.8 Å². The van der Waals surface area contributed by atoms with Crippen molar-refractivity contribution in [3.8, 4) is 0 Å². The highest BCUT2D eigenvalue weighted by atomic mass is 79.9. The first-order chi connectivity index (χ1) is 9.10. The Kier molecular flexibility index (Phi) is 4.83. The van der Waals surface area contributed by atoms with Crippen LogP contribution in [-0.2, 0) is 6.42 Å². The second-order valence-corrected chi connectivity index (χ2v) is 5.73. The van der Waals surface area contributed by atoms with E-state index < -0.39 is 0 Å². The van der Waals surface area contributed by atoms with Crippen LogP contribution in [0, 0.1) is 0 Å². The van der Waals surface area contributed by atoms with Gasteiger partial charge in [0.15, 0.2) is 5.15 Å². The Morgan fingerprint density at radius 2 is 2.00 bits per heavy atom. The van der Waals surface area contributed by atoms with Crippen LogP contribution in [0.3, 0.4) is 0 Å². The molecule has 1 aromatic carbocycles. The largest absolute Gasteiger partial charge is 0.376 e. The van der Waals surface area contributed by atoms with E-state index >= 15 is 0 Å². The molecule has 100 valence electrons. The third kappa shape index (κ3) is 3.71. The molecule has 0 saturated carbocycles. The molecule has 19 heavy (non-hydrogen) atoms. The molecule has 0 saturated heterocycles. The van der Waals surface area contributed by atoms with E-state index in [0.717, 1.165) is 16.6 Å². The summed E-state index contributed by atoms with van der Waals surface area (Å²) in [7, 11) is 0. The highest BCUT2D eigenvalue weighted by Crippen LogP contribution is 2.27. The van der Waals surface area contributed by atoms with Gasteiger partial charge in [0.05, 0.1) is 5.69 Å².